The van der Waals surface area contributed by atoms with E-state index in [1.54, 1.807) is 0 Å². The lowest BCUT2D eigenvalue weighted by atomic mass is 10.2. The lowest BCUT2D eigenvalue weighted by molar-refractivity contribution is -0.128. The number of halogens is 1. The Morgan fingerprint density at radius 3 is 2.55 bits per heavy atom. The predicted octanol–water partition coefficient (Wildman–Crippen LogP) is 4.12. The van der Waals surface area contributed by atoms with E-state index in [0.717, 1.165) is 16.9 Å². The molecule has 0 heterocycles. The monoisotopic (exact) mass is 317 g/mol. The molecule has 1 unspecified atom stereocenters. The molecule has 2 aromatic carbocycles. The van der Waals surface area contributed by atoms with Crippen LogP contribution in [-0.2, 0) is 11.3 Å². The smallest absolute Gasteiger partial charge is 0.261 e. The molecule has 1 amide bonds. The summed E-state index contributed by atoms with van der Waals surface area (Å²) in [6, 6.07) is 15.1. The first kappa shape index (κ1) is 16.4. The van der Waals surface area contributed by atoms with Crippen LogP contribution in [0.25, 0.3) is 0 Å². The largest absolute Gasteiger partial charge is 0.480 e. The summed E-state index contributed by atoms with van der Waals surface area (Å²) in [7, 11) is 0. The standard InChI is InChI=1S/C18H20ClNO2/c1-3-16(22-17-11-7-4-8-13(17)2)18(21)20-12-14-9-5-6-10-15(14)19/h4-11,16H,3,12H2,1-2H3,(H,20,21). The van der Waals surface area contributed by atoms with Gasteiger partial charge in [0.05, 0.1) is 0 Å². The molecule has 1 atom stereocenters. The minimum atomic E-state index is -0.511. The van der Waals surface area contributed by atoms with E-state index in [1.807, 2.05) is 62.4 Å². The molecule has 1 N–H and O–H groups in total. The molecule has 22 heavy (non-hydrogen) atoms. The number of nitrogens with one attached hydrogen (secondary N) is 1. The number of amides is 1. The van der Waals surface area contributed by atoms with Gasteiger partial charge < -0.3 is 10.1 Å². The van der Waals surface area contributed by atoms with E-state index in [0.29, 0.717) is 18.0 Å². The fourth-order valence-corrected chi connectivity index (χ4v) is 2.30. The highest BCUT2D eigenvalue weighted by atomic mass is 35.5. The average molecular weight is 318 g/mol. The van der Waals surface area contributed by atoms with Gasteiger partial charge in [-0.25, -0.2) is 0 Å². The van der Waals surface area contributed by atoms with Gasteiger partial charge in [-0.05, 0) is 36.6 Å². The first-order chi connectivity index (χ1) is 10.6. The van der Waals surface area contributed by atoms with Crippen molar-refractivity contribution in [1.29, 1.82) is 0 Å². The van der Waals surface area contributed by atoms with Crippen LogP contribution in [0.15, 0.2) is 48.5 Å². The molecule has 0 aliphatic rings. The molecule has 0 aliphatic heterocycles. The molecule has 0 fully saturated rings. The van der Waals surface area contributed by atoms with E-state index in [4.69, 9.17) is 16.3 Å². The van der Waals surface area contributed by atoms with E-state index >= 15 is 0 Å². The topological polar surface area (TPSA) is 38.3 Å². The molecule has 2 rings (SSSR count). The van der Waals surface area contributed by atoms with Crippen LogP contribution < -0.4 is 10.1 Å². The van der Waals surface area contributed by atoms with Gasteiger partial charge in [0.25, 0.3) is 5.91 Å². The third-order valence-electron chi connectivity index (χ3n) is 3.44. The number of benzene rings is 2. The van der Waals surface area contributed by atoms with Crippen molar-refractivity contribution >= 4 is 17.5 Å². The predicted molar refractivity (Wildman–Crippen MR) is 89.2 cm³/mol. The van der Waals surface area contributed by atoms with Crippen LogP contribution in [0.2, 0.25) is 5.02 Å². The SMILES string of the molecule is CCC(Oc1ccccc1C)C(=O)NCc1ccccc1Cl. The highest BCUT2D eigenvalue weighted by Gasteiger charge is 2.18. The summed E-state index contributed by atoms with van der Waals surface area (Å²) in [5.41, 5.74) is 1.91. The van der Waals surface area contributed by atoms with Gasteiger partial charge in [0.15, 0.2) is 6.10 Å². The minimum Gasteiger partial charge on any atom is -0.480 e. The van der Waals surface area contributed by atoms with Crippen LogP contribution in [0.5, 0.6) is 5.75 Å². The molecular formula is C18H20ClNO2. The third kappa shape index (κ3) is 4.25. The summed E-state index contributed by atoms with van der Waals surface area (Å²) in [5.74, 6) is 0.605. The van der Waals surface area contributed by atoms with Crippen molar-refractivity contribution in [3.63, 3.8) is 0 Å². The molecule has 0 saturated carbocycles. The number of carbonyl (C=O) groups excluding carboxylic acids is 1. The molecule has 0 radical (unpaired) electrons. The van der Waals surface area contributed by atoms with Crippen molar-refractivity contribution in [2.75, 3.05) is 0 Å². The Hall–Kier alpha value is -2.00. The van der Waals surface area contributed by atoms with Gasteiger partial charge in [0.1, 0.15) is 5.75 Å². The van der Waals surface area contributed by atoms with Gasteiger partial charge in [0, 0.05) is 11.6 Å². The summed E-state index contributed by atoms with van der Waals surface area (Å²) in [4.78, 5) is 12.3. The maximum Gasteiger partial charge on any atom is 0.261 e. The molecular weight excluding hydrogens is 298 g/mol. The summed E-state index contributed by atoms with van der Waals surface area (Å²) in [6.07, 6.45) is 0.0893. The Bertz CT molecular complexity index is 642. The van der Waals surface area contributed by atoms with Crippen molar-refractivity contribution in [3.8, 4) is 5.75 Å². The Morgan fingerprint density at radius 2 is 1.86 bits per heavy atom. The summed E-state index contributed by atoms with van der Waals surface area (Å²) >= 11 is 6.09. The Balaban J connectivity index is 1.98. The zero-order valence-corrected chi connectivity index (χ0v) is 13.6. The minimum absolute atomic E-state index is 0.134. The molecule has 0 aliphatic carbocycles. The Labute approximate surface area is 136 Å². The molecule has 3 nitrogen and oxygen atoms in total. The normalized spacial score (nSPS) is 11.8. The number of aryl methyl sites for hydroxylation is 1. The highest BCUT2D eigenvalue weighted by molar-refractivity contribution is 6.31. The number of para-hydroxylation sites is 1. The Morgan fingerprint density at radius 1 is 1.18 bits per heavy atom. The van der Waals surface area contributed by atoms with E-state index in [9.17, 15) is 4.79 Å². The zero-order valence-electron chi connectivity index (χ0n) is 12.8. The van der Waals surface area contributed by atoms with Gasteiger partial charge in [-0.1, -0.05) is 54.9 Å². The molecule has 0 spiro atoms. The van der Waals surface area contributed by atoms with E-state index in [1.165, 1.54) is 0 Å². The maximum absolute atomic E-state index is 12.3. The van der Waals surface area contributed by atoms with Gasteiger partial charge in [-0.2, -0.15) is 0 Å². The second-order valence-corrected chi connectivity index (χ2v) is 5.50. The molecule has 0 saturated heterocycles. The number of hydrogen-bond donors (Lipinski definition) is 1. The molecule has 4 heteroatoms. The third-order valence-corrected chi connectivity index (χ3v) is 3.81. The fourth-order valence-electron chi connectivity index (χ4n) is 2.10. The fraction of sp³-hybridized carbons (Fsp3) is 0.278. The van der Waals surface area contributed by atoms with Crippen LogP contribution >= 0.6 is 11.6 Å². The van der Waals surface area contributed by atoms with Crippen LogP contribution in [0, 0.1) is 6.92 Å². The van der Waals surface area contributed by atoms with Crippen LogP contribution in [0.3, 0.4) is 0 Å². The lowest BCUT2D eigenvalue weighted by Gasteiger charge is -2.18. The summed E-state index contributed by atoms with van der Waals surface area (Å²) < 4.78 is 5.83. The zero-order chi connectivity index (χ0) is 15.9. The summed E-state index contributed by atoms with van der Waals surface area (Å²) in [5, 5.41) is 3.53. The van der Waals surface area contributed by atoms with E-state index < -0.39 is 6.10 Å². The maximum atomic E-state index is 12.3. The van der Waals surface area contributed by atoms with Crippen molar-refractivity contribution in [2.24, 2.45) is 0 Å². The van der Waals surface area contributed by atoms with Crippen LogP contribution in [-0.4, -0.2) is 12.0 Å². The first-order valence-electron chi connectivity index (χ1n) is 7.35. The lowest BCUT2D eigenvalue weighted by Crippen LogP contribution is -2.37. The van der Waals surface area contributed by atoms with Crippen LogP contribution in [0.4, 0.5) is 0 Å². The van der Waals surface area contributed by atoms with Gasteiger partial charge in [-0.15, -0.1) is 0 Å². The number of ether oxygens (including phenoxy) is 1. The first-order valence-corrected chi connectivity index (χ1v) is 7.73. The second-order valence-electron chi connectivity index (χ2n) is 5.09. The van der Waals surface area contributed by atoms with Crippen molar-refractivity contribution in [1.82, 2.24) is 5.32 Å². The molecule has 0 aromatic heterocycles. The molecule has 2 aromatic rings. The van der Waals surface area contributed by atoms with Crippen molar-refractivity contribution in [3.05, 3.63) is 64.7 Å². The van der Waals surface area contributed by atoms with Crippen LogP contribution in [0.1, 0.15) is 24.5 Å². The van der Waals surface area contributed by atoms with E-state index in [-0.39, 0.29) is 5.91 Å². The summed E-state index contributed by atoms with van der Waals surface area (Å²) in [6.45, 7) is 4.29. The van der Waals surface area contributed by atoms with Crippen molar-refractivity contribution in [2.45, 2.75) is 32.9 Å². The average Bonchev–Trinajstić information content (AvgIpc) is 2.53. The van der Waals surface area contributed by atoms with Gasteiger partial charge in [0.2, 0.25) is 0 Å². The van der Waals surface area contributed by atoms with E-state index in [2.05, 4.69) is 5.32 Å². The number of hydrogen-bond acceptors (Lipinski definition) is 2. The Kier molecular flexibility index (Phi) is 5.84. The second kappa shape index (κ2) is 7.85. The van der Waals surface area contributed by atoms with Gasteiger partial charge in [-0.3, -0.25) is 4.79 Å². The molecule has 0 bridgehead atoms. The van der Waals surface area contributed by atoms with Crippen molar-refractivity contribution < 1.29 is 9.53 Å². The molecule has 116 valence electrons. The number of rotatable bonds is 6. The number of carbonyl (C=O) groups is 1. The van der Waals surface area contributed by atoms with Gasteiger partial charge >= 0.3 is 0 Å². The highest BCUT2D eigenvalue weighted by Crippen LogP contribution is 2.19. The quantitative estimate of drug-likeness (QED) is 0.870.